The van der Waals surface area contributed by atoms with Gasteiger partial charge in [-0.3, -0.25) is 14.5 Å². The predicted octanol–water partition coefficient (Wildman–Crippen LogP) is 2.14. The summed E-state index contributed by atoms with van der Waals surface area (Å²) in [5.41, 5.74) is -0.842. The fraction of sp³-hybridized carbons (Fsp3) is 0.769. The van der Waals surface area contributed by atoms with Gasteiger partial charge in [0.15, 0.2) is 0 Å². The first-order valence-corrected chi connectivity index (χ1v) is 6.47. The van der Waals surface area contributed by atoms with Gasteiger partial charge >= 0.3 is 0 Å². The van der Waals surface area contributed by atoms with Crippen LogP contribution in [0.3, 0.4) is 0 Å². The highest BCUT2D eigenvalue weighted by Crippen LogP contribution is 2.34. The van der Waals surface area contributed by atoms with Crippen LogP contribution in [-0.4, -0.2) is 22.3 Å². The number of hydrogen-bond donors (Lipinski definition) is 0. The Hall–Kier alpha value is -1.37. The van der Waals surface area contributed by atoms with Gasteiger partial charge in [-0.2, -0.15) is 5.26 Å². The first-order chi connectivity index (χ1) is 8.19. The Morgan fingerprint density at radius 2 is 1.41 bits per heavy atom. The lowest BCUT2D eigenvalue weighted by Gasteiger charge is -2.35. The second-order valence-electron chi connectivity index (χ2n) is 5.03. The van der Waals surface area contributed by atoms with Crippen LogP contribution in [0.2, 0.25) is 0 Å². The Balaban J connectivity index is 2.25. The summed E-state index contributed by atoms with van der Waals surface area (Å²) in [5.74, 6) is -0.311. The van der Waals surface area contributed by atoms with Crippen molar-refractivity contribution >= 4 is 11.8 Å². The maximum absolute atomic E-state index is 11.8. The summed E-state index contributed by atoms with van der Waals surface area (Å²) in [7, 11) is 0. The summed E-state index contributed by atoms with van der Waals surface area (Å²) in [4.78, 5) is 24.9. The molecule has 1 aliphatic carbocycles. The minimum absolute atomic E-state index is 0.155. The summed E-state index contributed by atoms with van der Waals surface area (Å²) in [6.07, 6.45) is 7.13. The van der Waals surface area contributed by atoms with E-state index in [-0.39, 0.29) is 24.7 Å². The molecule has 0 atom stereocenters. The molecule has 4 nitrogen and oxygen atoms in total. The van der Waals surface area contributed by atoms with Gasteiger partial charge in [-0.15, -0.1) is 0 Å². The van der Waals surface area contributed by atoms with E-state index in [0.717, 1.165) is 25.7 Å². The number of imide groups is 1. The van der Waals surface area contributed by atoms with Crippen LogP contribution >= 0.6 is 0 Å². The SMILES string of the molecule is N#CC1(N2C(=O)CCC2=O)CCCCCCC1. The zero-order chi connectivity index (χ0) is 12.3. The molecule has 0 radical (unpaired) electrons. The molecule has 0 aromatic rings. The van der Waals surface area contributed by atoms with Crippen molar-refractivity contribution in [3.8, 4) is 6.07 Å². The summed E-state index contributed by atoms with van der Waals surface area (Å²) in [6, 6.07) is 2.27. The molecule has 2 aliphatic rings. The fourth-order valence-electron chi connectivity index (χ4n) is 2.93. The lowest BCUT2D eigenvalue weighted by molar-refractivity contribution is -0.144. The fourth-order valence-corrected chi connectivity index (χ4v) is 2.93. The molecule has 0 spiro atoms. The summed E-state index contributed by atoms with van der Waals surface area (Å²) < 4.78 is 0. The van der Waals surface area contributed by atoms with Crippen LogP contribution in [0.4, 0.5) is 0 Å². The molecular weight excluding hydrogens is 216 g/mol. The highest BCUT2D eigenvalue weighted by Gasteiger charge is 2.46. The Labute approximate surface area is 102 Å². The number of carbonyl (C=O) groups excluding carboxylic acids is 2. The van der Waals surface area contributed by atoms with Gasteiger partial charge < -0.3 is 0 Å². The van der Waals surface area contributed by atoms with Crippen molar-refractivity contribution in [3.63, 3.8) is 0 Å². The molecule has 0 aromatic carbocycles. The van der Waals surface area contributed by atoms with Gasteiger partial charge in [0, 0.05) is 12.8 Å². The van der Waals surface area contributed by atoms with Crippen LogP contribution in [0.15, 0.2) is 0 Å². The molecule has 0 N–H and O–H groups in total. The lowest BCUT2D eigenvalue weighted by Crippen LogP contribution is -2.50. The summed E-state index contributed by atoms with van der Waals surface area (Å²) in [6.45, 7) is 0. The smallest absolute Gasteiger partial charge is 0.231 e. The van der Waals surface area contributed by atoms with Crippen molar-refractivity contribution in [1.82, 2.24) is 4.90 Å². The second kappa shape index (κ2) is 4.87. The highest BCUT2D eigenvalue weighted by atomic mass is 16.2. The van der Waals surface area contributed by atoms with Crippen molar-refractivity contribution in [2.24, 2.45) is 0 Å². The summed E-state index contributed by atoms with van der Waals surface area (Å²) in [5, 5.41) is 9.46. The molecule has 2 amide bonds. The molecular formula is C13H18N2O2. The number of nitrogens with zero attached hydrogens (tertiary/aromatic N) is 2. The number of hydrogen-bond acceptors (Lipinski definition) is 3. The van der Waals surface area contributed by atoms with Gasteiger partial charge in [-0.25, -0.2) is 0 Å². The van der Waals surface area contributed by atoms with Gasteiger partial charge in [-0.05, 0) is 12.8 Å². The van der Waals surface area contributed by atoms with Crippen LogP contribution in [0.1, 0.15) is 57.8 Å². The Kier molecular flexibility index (Phi) is 3.46. The zero-order valence-corrected chi connectivity index (χ0v) is 10.1. The Bertz CT molecular complexity index is 346. The quantitative estimate of drug-likeness (QED) is 0.653. The third-order valence-corrected chi connectivity index (χ3v) is 3.87. The normalized spacial score (nSPS) is 25.2. The molecule has 1 saturated carbocycles. The molecule has 2 rings (SSSR count). The van der Waals surface area contributed by atoms with Crippen LogP contribution in [0, 0.1) is 11.3 Å². The average Bonchev–Trinajstić information content (AvgIpc) is 2.61. The van der Waals surface area contributed by atoms with Crippen LogP contribution in [-0.2, 0) is 9.59 Å². The van der Waals surface area contributed by atoms with Crippen LogP contribution < -0.4 is 0 Å². The van der Waals surface area contributed by atoms with E-state index in [2.05, 4.69) is 6.07 Å². The minimum atomic E-state index is -0.842. The first kappa shape index (κ1) is 12.1. The van der Waals surface area contributed by atoms with E-state index in [9.17, 15) is 14.9 Å². The molecule has 17 heavy (non-hydrogen) atoms. The van der Waals surface area contributed by atoms with Crippen molar-refractivity contribution < 1.29 is 9.59 Å². The van der Waals surface area contributed by atoms with Crippen LogP contribution in [0.25, 0.3) is 0 Å². The zero-order valence-electron chi connectivity index (χ0n) is 10.1. The van der Waals surface area contributed by atoms with Crippen molar-refractivity contribution in [2.45, 2.75) is 63.3 Å². The Morgan fingerprint density at radius 3 is 1.88 bits per heavy atom. The molecule has 1 saturated heterocycles. The van der Waals surface area contributed by atoms with E-state index in [0.29, 0.717) is 12.8 Å². The largest absolute Gasteiger partial charge is 0.274 e. The van der Waals surface area contributed by atoms with E-state index < -0.39 is 5.54 Å². The predicted molar refractivity (Wildman–Crippen MR) is 61.8 cm³/mol. The molecule has 0 bridgehead atoms. The number of carbonyl (C=O) groups is 2. The van der Waals surface area contributed by atoms with E-state index in [1.807, 2.05) is 0 Å². The topological polar surface area (TPSA) is 61.2 Å². The monoisotopic (exact) mass is 234 g/mol. The number of rotatable bonds is 1. The van der Waals surface area contributed by atoms with Crippen LogP contribution in [0.5, 0.6) is 0 Å². The third-order valence-electron chi connectivity index (χ3n) is 3.87. The van der Waals surface area contributed by atoms with Gasteiger partial charge in [-0.1, -0.05) is 32.1 Å². The first-order valence-electron chi connectivity index (χ1n) is 6.47. The number of likely N-dealkylation sites (tertiary alicyclic amines) is 1. The summed E-state index contributed by atoms with van der Waals surface area (Å²) >= 11 is 0. The molecule has 0 aromatic heterocycles. The average molecular weight is 234 g/mol. The third kappa shape index (κ3) is 2.19. The molecule has 1 aliphatic heterocycles. The molecule has 1 heterocycles. The lowest BCUT2D eigenvalue weighted by atomic mass is 9.83. The van der Waals surface area contributed by atoms with Crippen molar-refractivity contribution in [2.75, 3.05) is 0 Å². The van der Waals surface area contributed by atoms with Crippen molar-refractivity contribution in [1.29, 1.82) is 5.26 Å². The number of amides is 2. The highest BCUT2D eigenvalue weighted by molar-refractivity contribution is 6.03. The molecule has 4 heteroatoms. The molecule has 0 unspecified atom stereocenters. The minimum Gasteiger partial charge on any atom is -0.274 e. The van der Waals surface area contributed by atoms with Gasteiger partial charge in [0.05, 0.1) is 6.07 Å². The molecule has 92 valence electrons. The van der Waals surface area contributed by atoms with E-state index in [1.165, 1.54) is 11.3 Å². The van der Waals surface area contributed by atoms with E-state index >= 15 is 0 Å². The van der Waals surface area contributed by atoms with E-state index in [1.54, 1.807) is 0 Å². The second-order valence-corrected chi connectivity index (χ2v) is 5.03. The van der Waals surface area contributed by atoms with Gasteiger partial charge in [0.1, 0.15) is 5.54 Å². The molecule has 2 fully saturated rings. The standard InChI is InChI=1S/C13H18N2O2/c14-10-13(8-4-2-1-3-5-9-13)15-11(16)6-7-12(15)17/h1-9H2. The van der Waals surface area contributed by atoms with Gasteiger partial charge in [0.2, 0.25) is 11.8 Å². The van der Waals surface area contributed by atoms with E-state index in [4.69, 9.17) is 0 Å². The maximum Gasteiger partial charge on any atom is 0.231 e. The van der Waals surface area contributed by atoms with Gasteiger partial charge in [0.25, 0.3) is 0 Å². The number of nitriles is 1. The maximum atomic E-state index is 11.8. The Morgan fingerprint density at radius 1 is 0.941 bits per heavy atom. The van der Waals surface area contributed by atoms with Crippen molar-refractivity contribution in [3.05, 3.63) is 0 Å².